The third-order valence-electron chi connectivity index (χ3n) is 6.04. The van der Waals surface area contributed by atoms with Crippen molar-refractivity contribution in [3.8, 4) is 0 Å². The molecule has 0 unspecified atom stereocenters. The molecular weight excluding hydrogens is 616 g/mol. The molecule has 0 spiro atoms. The number of hydrogen-bond acceptors (Lipinski definition) is 7. The number of aromatic amines is 1. The van der Waals surface area contributed by atoms with Gasteiger partial charge in [-0.3, -0.25) is 14.8 Å². The lowest BCUT2D eigenvalue weighted by atomic mass is 10.1. The van der Waals surface area contributed by atoms with Crippen LogP contribution in [0, 0.1) is 16.3 Å². The summed E-state index contributed by atoms with van der Waals surface area (Å²) in [6.07, 6.45) is 1.73. The van der Waals surface area contributed by atoms with Crippen molar-refractivity contribution < 1.29 is 22.7 Å². The predicted octanol–water partition coefficient (Wildman–Crippen LogP) is 4.05. The average Bonchev–Trinajstić information content (AvgIpc) is 3.45. The molecule has 1 aliphatic heterocycles. The molecule has 10 nitrogen and oxygen atoms in total. The molecule has 1 saturated heterocycles. The van der Waals surface area contributed by atoms with Crippen LogP contribution in [-0.4, -0.2) is 68.5 Å². The number of rotatable bonds is 8. The first-order valence-corrected chi connectivity index (χ1v) is 12.9. The van der Waals surface area contributed by atoms with Crippen LogP contribution < -0.4 is 10.6 Å². The highest BCUT2D eigenvalue weighted by atomic mass is 127. The first-order chi connectivity index (χ1) is 18.2. The van der Waals surface area contributed by atoms with Crippen LogP contribution in [0.15, 0.2) is 36.5 Å². The van der Waals surface area contributed by atoms with Crippen molar-refractivity contribution in [2.24, 2.45) is 0 Å². The number of alkyl halides is 2. The van der Waals surface area contributed by atoms with Gasteiger partial charge in [0.2, 0.25) is 11.7 Å². The predicted molar refractivity (Wildman–Crippen MR) is 142 cm³/mol. The van der Waals surface area contributed by atoms with Crippen molar-refractivity contribution >= 4 is 51.3 Å². The minimum atomic E-state index is -3.63. The summed E-state index contributed by atoms with van der Waals surface area (Å²) in [5.41, 5.74) is 1.09. The van der Waals surface area contributed by atoms with E-state index in [0.717, 1.165) is 43.0 Å². The monoisotopic (exact) mass is 640 g/mol. The van der Waals surface area contributed by atoms with Crippen molar-refractivity contribution in [2.45, 2.75) is 19.3 Å². The molecule has 1 aromatic carbocycles. The Bertz CT molecular complexity index is 1450. The maximum atomic E-state index is 15.5. The number of amides is 1. The van der Waals surface area contributed by atoms with Gasteiger partial charge in [0.05, 0.1) is 28.7 Å². The molecule has 3 aromatic heterocycles. The van der Waals surface area contributed by atoms with Crippen LogP contribution in [0.1, 0.15) is 23.5 Å². The van der Waals surface area contributed by atoms with Gasteiger partial charge in [-0.05, 0) is 53.8 Å². The molecule has 0 bridgehead atoms. The van der Waals surface area contributed by atoms with Crippen LogP contribution in [0.5, 0.6) is 0 Å². The Balaban J connectivity index is 1.48. The number of H-pyrrole nitrogens is 1. The van der Waals surface area contributed by atoms with Crippen LogP contribution >= 0.6 is 22.6 Å². The van der Waals surface area contributed by atoms with Gasteiger partial charge < -0.3 is 15.4 Å². The largest absolute Gasteiger partial charge is 0.379 e. The molecule has 3 N–H and O–H groups in total. The minimum absolute atomic E-state index is 0.0708. The lowest BCUT2D eigenvalue weighted by molar-refractivity contribution is -0.116. The van der Waals surface area contributed by atoms with Gasteiger partial charge in [-0.15, -0.1) is 5.10 Å². The van der Waals surface area contributed by atoms with Gasteiger partial charge in [0.25, 0.3) is 0 Å². The summed E-state index contributed by atoms with van der Waals surface area (Å²) in [7, 11) is 0. The fraction of sp³-hybridized carbons (Fsp3) is 0.333. The summed E-state index contributed by atoms with van der Waals surface area (Å²) in [5.74, 6) is -4.84. The van der Waals surface area contributed by atoms with Gasteiger partial charge in [0.1, 0.15) is 11.3 Å². The normalized spacial score (nSPS) is 14.7. The molecule has 4 aromatic rings. The number of halogens is 4. The smallest absolute Gasteiger partial charge is 0.333 e. The fourth-order valence-corrected chi connectivity index (χ4v) is 4.82. The molecule has 1 fully saturated rings. The second-order valence-electron chi connectivity index (χ2n) is 8.83. The van der Waals surface area contributed by atoms with Gasteiger partial charge in [0, 0.05) is 43.4 Å². The molecule has 5 rings (SSSR count). The number of benzene rings is 1. The fourth-order valence-electron chi connectivity index (χ4n) is 4.04. The Morgan fingerprint density at radius 3 is 2.66 bits per heavy atom. The highest BCUT2D eigenvalue weighted by Gasteiger charge is 2.39. The van der Waals surface area contributed by atoms with Crippen molar-refractivity contribution in [3.05, 3.63) is 63.0 Å². The molecule has 0 atom stereocenters. The number of carbonyl (C=O) groups is 1. The summed E-state index contributed by atoms with van der Waals surface area (Å²) in [6.45, 7) is 5.19. The van der Waals surface area contributed by atoms with Crippen molar-refractivity contribution in [1.82, 2.24) is 29.7 Å². The number of morpholine rings is 1. The highest BCUT2D eigenvalue weighted by molar-refractivity contribution is 14.1. The van der Waals surface area contributed by atoms with Gasteiger partial charge in [-0.2, -0.15) is 13.9 Å². The summed E-state index contributed by atoms with van der Waals surface area (Å²) >= 11 is 2.02. The molecular formula is C24H24F3IN8O2. The number of aromatic nitrogens is 5. The van der Waals surface area contributed by atoms with Crippen LogP contribution in [0.2, 0.25) is 0 Å². The van der Waals surface area contributed by atoms with E-state index in [1.54, 1.807) is 13.0 Å². The number of hydrogen-bond donors (Lipinski definition) is 3. The van der Waals surface area contributed by atoms with Crippen molar-refractivity contribution in [1.29, 1.82) is 0 Å². The van der Waals surface area contributed by atoms with E-state index < -0.39 is 23.1 Å². The molecule has 1 aliphatic rings. The van der Waals surface area contributed by atoms with Gasteiger partial charge in [0.15, 0.2) is 11.6 Å². The Hall–Kier alpha value is -3.24. The number of carbonyl (C=O) groups excluding carboxylic acids is 1. The number of nitrogens with zero attached hydrogens (tertiary/aromatic N) is 5. The van der Waals surface area contributed by atoms with Crippen LogP contribution in [0.25, 0.3) is 5.52 Å². The van der Waals surface area contributed by atoms with E-state index in [1.165, 1.54) is 10.7 Å². The maximum absolute atomic E-state index is 15.5. The Labute approximate surface area is 229 Å². The van der Waals surface area contributed by atoms with E-state index in [9.17, 15) is 9.18 Å². The molecule has 38 heavy (non-hydrogen) atoms. The van der Waals surface area contributed by atoms with E-state index in [-0.39, 0.29) is 18.1 Å². The van der Waals surface area contributed by atoms with E-state index >= 15 is 8.78 Å². The molecule has 0 saturated carbocycles. The summed E-state index contributed by atoms with van der Waals surface area (Å²) in [4.78, 5) is 19.0. The lowest BCUT2D eigenvalue weighted by Crippen LogP contribution is -2.38. The maximum Gasteiger partial charge on any atom is 0.333 e. The van der Waals surface area contributed by atoms with Crippen molar-refractivity contribution in [3.63, 3.8) is 0 Å². The number of fused-ring (bicyclic) bond motifs is 1. The third-order valence-corrected chi connectivity index (χ3v) is 7.13. The number of nitrogens with one attached hydrogen (secondary N) is 3. The second-order valence-corrected chi connectivity index (χ2v) is 9.91. The SMILES string of the molecule is Cc1cc(Nc2nc(C(F)(F)c3ccc(F)cc3)nn3cc(NC(=O)CCN4CCOCC4)c(I)c23)n[nH]1. The quantitative estimate of drug-likeness (QED) is 0.249. The summed E-state index contributed by atoms with van der Waals surface area (Å²) in [5, 5.41) is 16.8. The standard InChI is InChI=1S/C24H24F3IN8O2/c1-14-12-18(33-32-14)30-22-21-20(28)17(29-19(37)6-7-35-8-10-38-11-9-35)13-36(21)34-23(31-22)24(26,27)15-2-4-16(25)5-3-15/h2-5,12-13H,6-11H2,1H3,(H,29,37)(H2,30,31,32,33,34). The molecule has 1 amide bonds. The Morgan fingerprint density at radius 2 is 1.97 bits per heavy atom. The number of ether oxygens (including phenoxy) is 1. The molecule has 0 aliphatic carbocycles. The van der Waals surface area contributed by atoms with Crippen LogP contribution in [0.4, 0.5) is 30.5 Å². The van der Waals surface area contributed by atoms with Crippen LogP contribution in [0.3, 0.4) is 0 Å². The Kier molecular flexibility index (Phi) is 7.54. The van der Waals surface area contributed by atoms with Crippen LogP contribution in [-0.2, 0) is 15.5 Å². The van der Waals surface area contributed by atoms with E-state index in [0.29, 0.717) is 40.4 Å². The minimum Gasteiger partial charge on any atom is -0.379 e. The highest BCUT2D eigenvalue weighted by Crippen LogP contribution is 2.37. The Morgan fingerprint density at radius 1 is 1.24 bits per heavy atom. The second kappa shape index (κ2) is 10.9. The first-order valence-electron chi connectivity index (χ1n) is 11.8. The topological polar surface area (TPSA) is 112 Å². The third kappa shape index (κ3) is 5.61. The first kappa shape index (κ1) is 26.4. The molecule has 200 valence electrons. The summed E-state index contributed by atoms with van der Waals surface area (Å²) in [6, 6.07) is 5.59. The zero-order valence-electron chi connectivity index (χ0n) is 20.3. The average molecular weight is 640 g/mol. The lowest BCUT2D eigenvalue weighted by Gasteiger charge is -2.26. The zero-order chi connectivity index (χ0) is 26.9. The molecule has 0 radical (unpaired) electrons. The summed E-state index contributed by atoms with van der Waals surface area (Å²) < 4.78 is 51.4. The van der Waals surface area contributed by atoms with Gasteiger partial charge in [-0.1, -0.05) is 0 Å². The van der Waals surface area contributed by atoms with Gasteiger partial charge >= 0.3 is 5.92 Å². The van der Waals surface area contributed by atoms with Crippen molar-refractivity contribution in [2.75, 3.05) is 43.5 Å². The van der Waals surface area contributed by atoms with E-state index in [4.69, 9.17) is 4.74 Å². The van der Waals surface area contributed by atoms with E-state index in [1.807, 2.05) is 22.6 Å². The van der Waals surface area contributed by atoms with E-state index in [2.05, 4.69) is 35.8 Å². The molecule has 4 heterocycles. The zero-order valence-corrected chi connectivity index (χ0v) is 22.4. The number of aryl methyl sites for hydroxylation is 1. The van der Waals surface area contributed by atoms with Gasteiger partial charge in [-0.25, -0.2) is 13.9 Å². The molecule has 14 heteroatoms. The number of anilines is 3.